The Morgan fingerprint density at radius 2 is 2.09 bits per heavy atom. The zero-order valence-corrected chi connectivity index (χ0v) is 20.3. The predicted molar refractivity (Wildman–Crippen MR) is 132 cm³/mol. The van der Waals surface area contributed by atoms with Crippen LogP contribution in [0.4, 0.5) is 5.82 Å². The van der Waals surface area contributed by atoms with Gasteiger partial charge in [0.1, 0.15) is 5.75 Å². The van der Waals surface area contributed by atoms with E-state index in [9.17, 15) is 9.59 Å². The maximum atomic E-state index is 13.2. The van der Waals surface area contributed by atoms with Crippen molar-refractivity contribution in [3.63, 3.8) is 0 Å². The van der Waals surface area contributed by atoms with E-state index < -0.39 is 0 Å². The molecule has 1 aliphatic carbocycles. The Labute approximate surface area is 202 Å². The van der Waals surface area contributed by atoms with Crippen molar-refractivity contribution in [2.75, 3.05) is 19.5 Å². The first-order valence-electron chi connectivity index (χ1n) is 11.8. The quantitative estimate of drug-likeness (QED) is 0.473. The number of benzene rings is 1. The van der Waals surface area contributed by atoms with Crippen molar-refractivity contribution < 1.29 is 14.3 Å². The van der Waals surface area contributed by atoms with Crippen LogP contribution in [0.3, 0.4) is 0 Å². The van der Waals surface area contributed by atoms with Crippen molar-refractivity contribution >= 4 is 34.2 Å². The SMILES string of the molecule is COc1cc2nn([C@@H]3CCC(N(C)C(C)=O)C[C@H]3C)cc2cc1C(=O)Nc1cnc2cccnn12. The highest BCUT2D eigenvalue weighted by molar-refractivity contribution is 6.08. The summed E-state index contributed by atoms with van der Waals surface area (Å²) in [5.74, 6) is 1.07. The van der Waals surface area contributed by atoms with Gasteiger partial charge in [0.25, 0.3) is 5.91 Å². The summed E-state index contributed by atoms with van der Waals surface area (Å²) in [6.45, 7) is 3.82. The number of anilines is 1. The van der Waals surface area contributed by atoms with Crippen molar-refractivity contribution in [2.24, 2.45) is 5.92 Å². The van der Waals surface area contributed by atoms with E-state index in [1.807, 2.05) is 35.0 Å². The van der Waals surface area contributed by atoms with Gasteiger partial charge in [0.15, 0.2) is 11.5 Å². The number of imidazole rings is 1. The number of nitrogens with one attached hydrogen (secondary N) is 1. The van der Waals surface area contributed by atoms with Crippen LogP contribution in [0.1, 0.15) is 49.5 Å². The molecule has 0 saturated heterocycles. The third kappa shape index (κ3) is 4.20. The maximum Gasteiger partial charge on any atom is 0.260 e. The molecule has 1 N–H and O–H groups in total. The van der Waals surface area contributed by atoms with Gasteiger partial charge in [-0.3, -0.25) is 14.3 Å². The first kappa shape index (κ1) is 22.8. The number of aromatic nitrogens is 5. The molecular weight excluding hydrogens is 446 g/mol. The Morgan fingerprint density at radius 1 is 1.26 bits per heavy atom. The molecule has 0 aliphatic heterocycles. The topological polar surface area (TPSA) is 107 Å². The molecule has 1 saturated carbocycles. The minimum absolute atomic E-state index is 0.100. The second-order valence-corrected chi connectivity index (χ2v) is 9.25. The summed E-state index contributed by atoms with van der Waals surface area (Å²) in [6, 6.07) is 7.70. The summed E-state index contributed by atoms with van der Waals surface area (Å²) in [5, 5.41) is 12.8. The van der Waals surface area contributed by atoms with Crippen LogP contribution in [0.2, 0.25) is 0 Å². The van der Waals surface area contributed by atoms with Crippen LogP contribution in [-0.2, 0) is 4.79 Å². The number of nitrogens with zero attached hydrogens (tertiary/aromatic N) is 6. The van der Waals surface area contributed by atoms with Crippen LogP contribution in [0.25, 0.3) is 16.6 Å². The standard InChI is InChI=1S/C25H29N7O3/c1-15-10-18(30(3)16(2)33)7-8-21(15)31-14-17-11-19(22(35-4)12-20(17)29-31)25(34)28-24-13-26-23-6-5-9-27-32(23)24/h5-6,9,11-15,18,21H,7-8,10H2,1-4H3,(H,28,34)/t15-,18?,21-/m1/s1. The van der Waals surface area contributed by atoms with Gasteiger partial charge in [-0.25, -0.2) is 4.98 Å². The number of rotatable bonds is 5. The Bertz CT molecular complexity index is 1410. The molecule has 3 heterocycles. The minimum atomic E-state index is -0.315. The van der Waals surface area contributed by atoms with E-state index in [1.165, 1.54) is 0 Å². The zero-order valence-electron chi connectivity index (χ0n) is 20.3. The third-order valence-electron chi connectivity index (χ3n) is 7.09. The number of hydrogen-bond donors (Lipinski definition) is 1. The maximum absolute atomic E-state index is 13.2. The Morgan fingerprint density at radius 3 is 2.83 bits per heavy atom. The van der Waals surface area contributed by atoms with E-state index in [0.29, 0.717) is 28.7 Å². The van der Waals surface area contributed by atoms with Gasteiger partial charge in [-0.2, -0.15) is 14.7 Å². The highest BCUT2D eigenvalue weighted by Crippen LogP contribution is 2.36. The second kappa shape index (κ2) is 9.01. The molecule has 3 atom stereocenters. The zero-order chi connectivity index (χ0) is 24.7. The van der Waals surface area contributed by atoms with Gasteiger partial charge in [0, 0.05) is 43.9 Å². The number of methoxy groups -OCH3 is 1. The Balaban J connectivity index is 1.40. The third-order valence-corrected chi connectivity index (χ3v) is 7.09. The average Bonchev–Trinajstić information content (AvgIpc) is 3.46. The van der Waals surface area contributed by atoms with Crippen LogP contribution in [0, 0.1) is 5.92 Å². The van der Waals surface area contributed by atoms with Gasteiger partial charge in [-0.05, 0) is 43.4 Å². The molecule has 182 valence electrons. The highest BCUT2D eigenvalue weighted by Gasteiger charge is 2.32. The smallest absolute Gasteiger partial charge is 0.260 e. The summed E-state index contributed by atoms with van der Waals surface area (Å²) < 4.78 is 9.11. The molecule has 10 nitrogen and oxygen atoms in total. The molecule has 1 fully saturated rings. The lowest BCUT2D eigenvalue weighted by Crippen LogP contribution is -2.41. The summed E-state index contributed by atoms with van der Waals surface area (Å²) in [4.78, 5) is 31.1. The summed E-state index contributed by atoms with van der Waals surface area (Å²) >= 11 is 0. The number of amides is 2. The van der Waals surface area contributed by atoms with Gasteiger partial charge in [-0.1, -0.05) is 6.92 Å². The average molecular weight is 476 g/mol. The predicted octanol–water partition coefficient (Wildman–Crippen LogP) is 3.55. The van der Waals surface area contributed by atoms with E-state index in [0.717, 1.165) is 30.2 Å². The molecule has 1 unspecified atom stereocenters. The summed E-state index contributed by atoms with van der Waals surface area (Å²) in [6.07, 6.45) is 8.01. The Kier molecular flexibility index (Phi) is 5.88. The fraction of sp³-hybridized carbons (Fsp3) is 0.400. The number of hydrogen-bond acceptors (Lipinski definition) is 6. The van der Waals surface area contributed by atoms with E-state index in [-0.39, 0.29) is 23.9 Å². The lowest BCUT2D eigenvalue weighted by molar-refractivity contribution is -0.130. The lowest BCUT2D eigenvalue weighted by Gasteiger charge is -2.38. The second-order valence-electron chi connectivity index (χ2n) is 9.25. The Hall–Kier alpha value is -3.95. The summed E-state index contributed by atoms with van der Waals surface area (Å²) in [5.41, 5.74) is 1.82. The van der Waals surface area contributed by atoms with Gasteiger partial charge >= 0.3 is 0 Å². The van der Waals surface area contributed by atoms with Gasteiger partial charge < -0.3 is 15.0 Å². The molecule has 1 aromatic carbocycles. The van der Waals surface area contributed by atoms with Crippen molar-refractivity contribution in [1.29, 1.82) is 0 Å². The molecule has 5 rings (SSSR count). The van der Waals surface area contributed by atoms with E-state index in [1.54, 1.807) is 43.1 Å². The van der Waals surface area contributed by atoms with Crippen molar-refractivity contribution in [2.45, 2.75) is 45.2 Å². The van der Waals surface area contributed by atoms with Crippen LogP contribution in [0.5, 0.6) is 5.75 Å². The monoisotopic (exact) mass is 475 g/mol. The molecule has 4 aromatic rings. The molecule has 0 spiro atoms. The van der Waals surface area contributed by atoms with Crippen molar-refractivity contribution in [3.05, 3.63) is 48.4 Å². The van der Waals surface area contributed by atoms with Gasteiger partial charge in [-0.15, -0.1) is 0 Å². The normalized spacial score (nSPS) is 20.2. The van der Waals surface area contributed by atoms with E-state index in [2.05, 4.69) is 22.3 Å². The number of carbonyl (C=O) groups is 2. The van der Waals surface area contributed by atoms with Crippen LogP contribution >= 0.6 is 0 Å². The number of fused-ring (bicyclic) bond motifs is 2. The molecule has 1 aliphatic rings. The van der Waals surface area contributed by atoms with Crippen molar-refractivity contribution in [3.8, 4) is 5.75 Å². The lowest BCUT2D eigenvalue weighted by atomic mass is 9.82. The first-order valence-corrected chi connectivity index (χ1v) is 11.8. The van der Waals surface area contributed by atoms with E-state index >= 15 is 0 Å². The largest absolute Gasteiger partial charge is 0.496 e. The summed E-state index contributed by atoms with van der Waals surface area (Å²) in [7, 11) is 3.42. The van der Waals surface area contributed by atoms with E-state index in [4.69, 9.17) is 9.84 Å². The molecule has 2 amide bonds. The fourth-order valence-electron chi connectivity index (χ4n) is 5.04. The molecular formula is C25H29N7O3. The highest BCUT2D eigenvalue weighted by atomic mass is 16.5. The molecule has 3 aromatic heterocycles. The van der Waals surface area contributed by atoms with Crippen LogP contribution < -0.4 is 10.1 Å². The van der Waals surface area contributed by atoms with Crippen LogP contribution in [-0.4, -0.2) is 61.3 Å². The minimum Gasteiger partial charge on any atom is -0.496 e. The molecule has 35 heavy (non-hydrogen) atoms. The first-order chi connectivity index (χ1) is 16.9. The van der Waals surface area contributed by atoms with Crippen LogP contribution in [0.15, 0.2) is 42.9 Å². The number of carbonyl (C=O) groups excluding carboxylic acids is 2. The fourth-order valence-corrected chi connectivity index (χ4v) is 5.04. The van der Waals surface area contributed by atoms with Gasteiger partial charge in [0.2, 0.25) is 5.91 Å². The van der Waals surface area contributed by atoms with Crippen molar-refractivity contribution in [1.82, 2.24) is 29.3 Å². The molecule has 10 heteroatoms. The molecule has 0 radical (unpaired) electrons. The number of ether oxygens (including phenoxy) is 1. The van der Waals surface area contributed by atoms with Gasteiger partial charge in [0.05, 0.1) is 30.4 Å². The molecule has 0 bridgehead atoms.